The third-order valence-electron chi connectivity index (χ3n) is 3.22. The van der Waals surface area contributed by atoms with Crippen LogP contribution in [0.25, 0.3) is 0 Å². The van der Waals surface area contributed by atoms with Gasteiger partial charge in [0.15, 0.2) is 0 Å². The van der Waals surface area contributed by atoms with Gasteiger partial charge in [0.05, 0.1) is 11.4 Å². The van der Waals surface area contributed by atoms with Crippen LogP contribution in [-0.2, 0) is 9.59 Å². The largest absolute Gasteiger partial charge is 0.324 e. The molecule has 0 spiro atoms. The summed E-state index contributed by atoms with van der Waals surface area (Å²) in [7, 11) is 0. The molecule has 2 aromatic rings. The van der Waals surface area contributed by atoms with E-state index in [1.807, 2.05) is 24.3 Å². The van der Waals surface area contributed by atoms with Gasteiger partial charge in [-0.15, -0.1) is 11.8 Å². The van der Waals surface area contributed by atoms with E-state index in [-0.39, 0.29) is 18.4 Å². The second-order valence-electron chi connectivity index (χ2n) is 4.79. The van der Waals surface area contributed by atoms with Crippen molar-refractivity contribution in [3.05, 3.63) is 54.3 Å². The van der Waals surface area contributed by atoms with Gasteiger partial charge in [0.1, 0.15) is 12.4 Å². The Bertz CT molecular complexity index is 736. The Labute approximate surface area is 131 Å². The molecule has 1 aliphatic heterocycles. The molecule has 0 saturated carbocycles. The Morgan fingerprint density at radius 3 is 2.86 bits per heavy atom. The molecule has 3 rings (SSSR count). The average Bonchev–Trinajstić information content (AvgIpc) is 2.50. The highest BCUT2D eigenvalue weighted by molar-refractivity contribution is 8.00. The van der Waals surface area contributed by atoms with Gasteiger partial charge in [-0.2, -0.15) is 0 Å². The molecular weight excluding hydrogens is 303 g/mol. The minimum atomic E-state index is -0.423. The fourth-order valence-electron chi connectivity index (χ4n) is 2.24. The molecule has 0 saturated heterocycles. The lowest BCUT2D eigenvalue weighted by molar-refractivity contribution is -0.120. The number of nitrogens with one attached hydrogen (secondary N) is 1. The number of nitrogens with zero attached hydrogens (tertiary/aromatic N) is 1. The van der Waals surface area contributed by atoms with Crippen molar-refractivity contribution in [1.82, 2.24) is 0 Å². The van der Waals surface area contributed by atoms with Gasteiger partial charge in [-0.25, -0.2) is 4.39 Å². The molecule has 22 heavy (non-hydrogen) atoms. The molecule has 0 radical (unpaired) electrons. The molecule has 4 nitrogen and oxygen atoms in total. The second kappa shape index (κ2) is 6.19. The Morgan fingerprint density at radius 1 is 1.23 bits per heavy atom. The molecule has 1 aliphatic rings. The van der Waals surface area contributed by atoms with E-state index >= 15 is 0 Å². The van der Waals surface area contributed by atoms with E-state index in [9.17, 15) is 14.0 Å². The van der Waals surface area contributed by atoms with E-state index in [4.69, 9.17) is 0 Å². The number of hydrogen-bond donors (Lipinski definition) is 1. The summed E-state index contributed by atoms with van der Waals surface area (Å²) >= 11 is 1.46. The van der Waals surface area contributed by atoms with E-state index in [0.29, 0.717) is 11.4 Å². The van der Waals surface area contributed by atoms with Crippen LogP contribution >= 0.6 is 11.8 Å². The van der Waals surface area contributed by atoms with Gasteiger partial charge >= 0.3 is 0 Å². The van der Waals surface area contributed by atoms with Crippen molar-refractivity contribution in [3.63, 3.8) is 0 Å². The minimum Gasteiger partial charge on any atom is -0.324 e. The summed E-state index contributed by atoms with van der Waals surface area (Å²) in [5.74, 6) is -0.586. The lowest BCUT2D eigenvalue weighted by Gasteiger charge is -2.28. The molecule has 0 aromatic heterocycles. The zero-order chi connectivity index (χ0) is 15.5. The summed E-state index contributed by atoms with van der Waals surface area (Å²) in [6.45, 7) is -0.0904. The number of hydrogen-bond acceptors (Lipinski definition) is 3. The third kappa shape index (κ3) is 3.12. The zero-order valence-corrected chi connectivity index (χ0v) is 12.4. The summed E-state index contributed by atoms with van der Waals surface area (Å²) < 4.78 is 13.1. The predicted molar refractivity (Wildman–Crippen MR) is 84.5 cm³/mol. The highest BCUT2D eigenvalue weighted by Crippen LogP contribution is 2.34. The van der Waals surface area contributed by atoms with Gasteiger partial charge in [0.2, 0.25) is 11.8 Å². The molecule has 0 bridgehead atoms. The maximum absolute atomic E-state index is 13.1. The summed E-state index contributed by atoms with van der Waals surface area (Å²) in [4.78, 5) is 26.6. The van der Waals surface area contributed by atoms with E-state index in [1.54, 1.807) is 6.07 Å². The maximum atomic E-state index is 13.1. The van der Waals surface area contributed by atoms with Crippen LogP contribution in [-0.4, -0.2) is 24.1 Å². The standard InChI is InChI=1S/C16H13FN2O2S/c17-11-4-3-5-12(8-11)18-15(20)9-19-13-6-1-2-7-14(13)22-10-16(19)21/h1-8H,9-10H2,(H,18,20). The molecule has 112 valence electrons. The number of amides is 2. The van der Waals surface area contributed by atoms with Crippen molar-refractivity contribution >= 4 is 35.0 Å². The third-order valence-corrected chi connectivity index (χ3v) is 4.27. The van der Waals surface area contributed by atoms with Crippen LogP contribution in [0.2, 0.25) is 0 Å². The second-order valence-corrected chi connectivity index (χ2v) is 5.81. The van der Waals surface area contributed by atoms with Crippen molar-refractivity contribution in [1.29, 1.82) is 0 Å². The van der Waals surface area contributed by atoms with Gasteiger partial charge in [0.25, 0.3) is 0 Å². The molecule has 2 aromatic carbocycles. The predicted octanol–water partition coefficient (Wildman–Crippen LogP) is 2.90. The zero-order valence-electron chi connectivity index (χ0n) is 11.6. The summed E-state index contributed by atoms with van der Waals surface area (Å²) in [5, 5.41) is 2.60. The number of benzene rings is 2. The van der Waals surface area contributed by atoms with Gasteiger partial charge < -0.3 is 10.2 Å². The number of anilines is 2. The average molecular weight is 316 g/mol. The first kappa shape index (κ1) is 14.6. The molecule has 1 heterocycles. The first-order chi connectivity index (χ1) is 10.6. The van der Waals surface area contributed by atoms with Crippen molar-refractivity contribution in [3.8, 4) is 0 Å². The van der Waals surface area contributed by atoms with E-state index in [2.05, 4.69) is 5.32 Å². The fraction of sp³-hybridized carbons (Fsp3) is 0.125. The van der Waals surface area contributed by atoms with Crippen LogP contribution in [0, 0.1) is 5.82 Å². The van der Waals surface area contributed by atoms with Gasteiger partial charge in [0, 0.05) is 10.6 Å². The van der Waals surface area contributed by atoms with Gasteiger partial charge in [-0.05, 0) is 30.3 Å². The Morgan fingerprint density at radius 2 is 2.05 bits per heavy atom. The summed E-state index contributed by atoms with van der Waals surface area (Å²) in [6, 6.07) is 13.1. The number of fused-ring (bicyclic) bond motifs is 1. The molecular formula is C16H13FN2O2S. The molecule has 1 N–H and O–H groups in total. The maximum Gasteiger partial charge on any atom is 0.244 e. The minimum absolute atomic E-state index is 0.0904. The lowest BCUT2D eigenvalue weighted by atomic mass is 10.2. The molecule has 2 amide bonds. The van der Waals surface area contributed by atoms with Crippen LogP contribution in [0.15, 0.2) is 53.4 Å². The summed E-state index contributed by atoms with van der Waals surface area (Å²) in [5.41, 5.74) is 1.11. The summed E-state index contributed by atoms with van der Waals surface area (Å²) in [6.07, 6.45) is 0. The van der Waals surface area contributed by atoms with Crippen molar-refractivity contribution < 1.29 is 14.0 Å². The van der Waals surface area contributed by atoms with Crippen molar-refractivity contribution in [2.45, 2.75) is 4.90 Å². The first-order valence-corrected chi connectivity index (χ1v) is 7.69. The Balaban J connectivity index is 1.75. The molecule has 0 fully saturated rings. The lowest BCUT2D eigenvalue weighted by Crippen LogP contribution is -2.41. The number of rotatable bonds is 3. The van der Waals surface area contributed by atoms with Crippen LogP contribution in [0.4, 0.5) is 15.8 Å². The van der Waals surface area contributed by atoms with E-state index < -0.39 is 5.82 Å². The monoisotopic (exact) mass is 316 g/mol. The topological polar surface area (TPSA) is 49.4 Å². The van der Waals surface area contributed by atoms with Crippen LogP contribution in [0.5, 0.6) is 0 Å². The highest BCUT2D eigenvalue weighted by atomic mass is 32.2. The van der Waals surface area contributed by atoms with Crippen molar-refractivity contribution in [2.24, 2.45) is 0 Å². The fourth-order valence-corrected chi connectivity index (χ4v) is 3.17. The highest BCUT2D eigenvalue weighted by Gasteiger charge is 2.26. The number of halogens is 1. The van der Waals surface area contributed by atoms with Gasteiger partial charge in [-0.1, -0.05) is 18.2 Å². The SMILES string of the molecule is O=C(CN1C(=O)CSc2ccccc21)Nc1cccc(F)c1. The molecule has 6 heteroatoms. The molecule has 0 aliphatic carbocycles. The first-order valence-electron chi connectivity index (χ1n) is 6.71. The van der Waals surface area contributed by atoms with Crippen LogP contribution in [0.1, 0.15) is 0 Å². The van der Waals surface area contributed by atoms with E-state index in [0.717, 1.165) is 10.6 Å². The number of para-hydroxylation sites is 1. The van der Waals surface area contributed by atoms with E-state index in [1.165, 1.54) is 34.9 Å². The number of carbonyl (C=O) groups is 2. The normalized spacial score (nSPS) is 13.7. The smallest absolute Gasteiger partial charge is 0.244 e. The van der Waals surface area contributed by atoms with Crippen LogP contribution in [0.3, 0.4) is 0 Å². The number of thioether (sulfide) groups is 1. The van der Waals surface area contributed by atoms with Gasteiger partial charge in [-0.3, -0.25) is 9.59 Å². The van der Waals surface area contributed by atoms with Crippen molar-refractivity contribution in [2.75, 3.05) is 22.5 Å². The molecule has 0 unspecified atom stereocenters. The number of carbonyl (C=O) groups excluding carboxylic acids is 2. The van der Waals surface area contributed by atoms with Crippen LogP contribution < -0.4 is 10.2 Å². The Kier molecular flexibility index (Phi) is 4.11. The Hall–Kier alpha value is -2.34. The quantitative estimate of drug-likeness (QED) is 0.947. The molecule has 0 atom stereocenters.